The summed E-state index contributed by atoms with van der Waals surface area (Å²) in [7, 11) is -2.58. The normalized spacial score (nSPS) is 12.6. The monoisotopic (exact) mass is 254 g/mol. The Bertz CT molecular complexity index is 491. The second-order valence-corrected chi connectivity index (χ2v) is 5.15. The van der Waals surface area contributed by atoms with Crippen molar-refractivity contribution < 1.29 is 26.3 Å². The summed E-state index contributed by atoms with van der Waals surface area (Å²) in [5.74, 6) is -0.403. The molecule has 0 radical (unpaired) electrons. The Morgan fingerprint density at radius 1 is 1.25 bits per heavy atom. The molecule has 0 heterocycles. The summed E-state index contributed by atoms with van der Waals surface area (Å²) in [5.41, 5.74) is -1.10. The fourth-order valence-electron chi connectivity index (χ4n) is 1.14. The third kappa shape index (κ3) is 2.66. The zero-order valence-corrected chi connectivity index (χ0v) is 9.32. The van der Waals surface area contributed by atoms with Gasteiger partial charge in [0.05, 0.1) is 17.6 Å². The van der Waals surface area contributed by atoms with Gasteiger partial charge in [-0.3, -0.25) is 0 Å². The van der Waals surface area contributed by atoms with Crippen LogP contribution in [-0.2, 0) is 16.0 Å². The van der Waals surface area contributed by atoms with Crippen LogP contribution in [0, 0.1) is 0 Å². The van der Waals surface area contributed by atoms with E-state index >= 15 is 0 Å². The highest BCUT2D eigenvalue weighted by molar-refractivity contribution is 7.90. The fourth-order valence-corrected chi connectivity index (χ4v) is 1.79. The maximum absolute atomic E-state index is 12.5. The molecule has 0 aliphatic rings. The van der Waals surface area contributed by atoms with E-state index < -0.39 is 27.3 Å². The maximum atomic E-state index is 12.5. The predicted octanol–water partition coefficient (Wildman–Crippen LogP) is 2.12. The first-order valence-corrected chi connectivity index (χ1v) is 6.00. The molecule has 1 aromatic rings. The van der Waals surface area contributed by atoms with Gasteiger partial charge in [0.2, 0.25) is 0 Å². The molecule has 0 saturated heterocycles. The Morgan fingerprint density at radius 3 is 2.19 bits per heavy atom. The van der Waals surface area contributed by atoms with Gasteiger partial charge in [-0.05, 0) is 18.2 Å². The Hall–Kier alpha value is -1.24. The van der Waals surface area contributed by atoms with Crippen molar-refractivity contribution in [2.45, 2.75) is 11.1 Å². The summed E-state index contributed by atoms with van der Waals surface area (Å²) in [6, 6.07) is 2.62. The van der Waals surface area contributed by atoms with Crippen LogP contribution in [0.15, 0.2) is 23.1 Å². The number of hydrogen-bond acceptors (Lipinski definition) is 3. The van der Waals surface area contributed by atoms with E-state index in [-0.39, 0.29) is 4.90 Å². The molecule has 1 aromatic carbocycles. The van der Waals surface area contributed by atoms with Crippen LogP contribution in [0.5, 0.6) is 5.75 Å². The van der Waals surface area contributed by atoms with Crippen molar-refractivity contribution in [2.24, 2.45) is 0 Å². The number of rotatable bonds is 2. The average molecular weight is 254 g/mol. The molecule has 0 aliphatic carbocycles. The zero-order valence-electron chi connectivity index (χ0n) is 8.50. The number of halogens is 3. The summed E-state index contributed by atoms with van der Waals surface area (Å²) >= 11 is 0. The topological polar surface area (TPSA) is 43.4 Å². The van der Waals surface area contributed by atoms with E-state index in [2.05, 4.69) is 4.74 Å². The summed E-state index contributed by atoms with van der Waals surface area (Å²) in [6.45, 7) is 0. The molecule has 0 bridgehead atoms. The van der Waals surface area contributed by atoms with Gasteiger partial charge >= 0.3 is 6.18 Å². The largest absolute Gasteiger partial charge is 0.496 e. The van der Waals surface area contributed by atoms with Gasteiger partial charge in [0.1, 0.15) is 5.75 Å². The molecular weight excluding hydrogens is 245 g/mol. The van der Waals surface area contributed by atoms with Gasteiger partial charge < -0.3 is 4.74 Å². The molecule has 0 aliphatic heterocycles. The number of alkyl halides is 3. The lowest BCUT2D eigenvalue weighted by atomic mass is 10.2. The minimum atomic E-state index is -4.65. The molecule has 0 aromatic heterocycles. The van der Waals surface area contributed by atoms with E-state index in [0.717, 1.165) is 25.5 Å². The zero-order chi connectivity index (χ0) is 12.6. The van der Waals surface area contributed by atoms with Crippen LogP contribution in [0.25, 0.3) is 0 Å². The number of ether oxygens (including phenoxy) is 1. The van der Waals surface area contributed by atoms with Gasteiger partial charge in [-0.25, -0.2) is 8.42 Å². The van der Waals surface area contributed by atoms with Crippen molar-refractivity contribution in [2.75, 3.05) is 13.4 Å². The lowest BCUT2D eigenvalue weighted by Crippen LogP contribution is -2.09. The van der Waals surface area contributed by atoms with E-state index in [1.807, 2.05) is 0 Å². The highest BCUT2D eigenvalue weighted by Crippen LogP contribution is 2.37. The molecule has 16 heavy (non-hydrogen) atoms. The van der Waals surface area contributed by atoms with Crippen LogP contribution < -0.4 is 4.74 Å². The van der Waals surface area contributed by atoms with E-state index in [1.54, 1.807) is 0 Å². The Labute approximate surface area is 90.8 Å². The molecule has 0 amide bonds. The fraction of sp³-hybridized carbons (Fsp3) is 0.333. The Balaban J connectivity index is 3.45. The van der Waals surface area contributed by atoms with Gasteiger partial charge in [-0.2, -0.15) is 13.2 Å². The standard InChI is InChI=1S/C9H9F3O3S/c1-15-8-4-3-6(16(2,13)14)5-7(8)9(10,11)12/h3-5H,1-2H3. The molecule has 0 unspecified atom stereocenters. The molecule has 0 atom stereocenters. The molecule has 0 spiro atoms. The summed E-state index contributed by atoms with van der Waals surface area (Å²) in [6.07, 6.45) is -3.80. The van der Waals surface area contributed by atoms with Crippen molar-refractivity contribution in [1.29, 1.82) is 0 Å². The van der Waals surface area contributed by atoms with Gasteiger partial charge in [-0.1, -0.05) is 0 Å². The molecular formula is C9H9F3O3S. The molecule has 0 N–H and O–H groups in total. The lowest BCUT2D eigenvalue weighted by molar-refractivity contribution is -0.138. The van der Waals surface area contributed by atoms with Crippen LogP contribution in [0.4, 0.5) is 13.2 Å². The van der Waals surface area contributed by atoms with Crippen molar-refractivity contribution in [1.82, 2.24) is 0 Å². The first-order chi connectivity index (χ1) is 7.16. The van der Waals surface area contributed by atoms with Gasteiger partial charge in [0.25, 0.3) is 0 Å². The van der Waals surface area contributed by atoms with Gasteiger partial charge in [0, 0.05) is 6.26 Å². The number of sulfone groups is 1. The predicted molar refractivity (Wildman–Crippen MR) is 51.1 cm³/mol. The first-order valence-electron chi connectivity index (χ1n) is 4.11. The molecule has 0 saturated carbocycles. The first kappa shape index (κ1) is 12.8. The second-order valence-electron chi connectivity index (χ2n) is 3.13. The minimum absolute atomic E-state index is 0.388. The smallest absolute Gasteiger partial charge is 0.420 e. The SMILES string of the molecule is COc1ccc(S(C)(=O)=O)cc1C(F)(F)F. The van der Waals surface area contributed by atoms with Crippen molar-refractivity contribution >= 4 is 9.84 Å². The highest BCUT2D eigenvalue weighted by atomic mass is 32.2. The van der Waals surface area contributed by atoms with E-state index in [0.29, 0.717) is 6.07 Å². The van der Waals surface area contributed by atoms with Crippen LogP contribution >= 0.6 is 0 Å². The van der Waals surface area contributed by atoms with Gasteiger partial charge in [0.15, 0.2) is 9.84 Å². The highest BCUT2D eigenvalue weighted by Gasteiger charge is 2.35. The van der Waals surface area contributed by atoms with Crippen molar-refractivity contribution in [3.05, 3.63) is 23.8 Å². The molecule has 0 fully saturated rings. The average Bonchev–Trinajstić information content (AvgIpc) is 2.14. The Morgan fingerprint density at radius 2 is 1.81 bits per heavy atom. The van der Waals surface area contributed by atoms with Crippen LogP contribution in [0.2, 0.25) is 0 Å². The van der Waals surface area contributed by atoms with E-state index in [4.69, 9.17) is 0 Å². The molecule has 1 rings (SSSR count). The van der Waals surface area contributed by atoms with Crippen LogP contribution in [0.1, 0.15) is 5.56 Å². The van der Waals surface area contributed by atoms with Crippen molar-refractivity contribution in [3.8, 4) is 5.75 Å². The molecule has 90 valence electrons. The minimum Gasteiger partial charge on any atom is -0.496 e. The third-order valence-electron chi connectivity index (χ3n) is 1.90. The quantitative estimate of drug-likeness (QED) is 0.811. The molecule has 3 nitrogen and oxygen atoms in total. The van der Waals surface area contributed by atoms with Crippen molar-refractivity contribution in [3.63, 3.8) is 0 Å². The van der Waals surface area contributed by atoms with E-state index in [1.165, 1.54) is 0 Å². The lowest BCUT2D eigenvalue weighted by Gasteiger charge is -2.12. The number of benzene rings is 1. The maximum Gasteiger partial charge on any atom is 0.420 e. The van der Waals surface area contributed by atoms with E-state index in [9.17, 15) is 21.6 Å². The second kappa shape index (κ2) is 3.97. The van der Waals surface area contributed by atoms with Crippen LogP contribution in [0.3, 0.4) is 0 Å². The third-order valence-corrected chi connectivity index (χ3v) is 3.01. The summed E-state index contributed by atoms with van der Waals surface area (Å²) < 4.78 is 64.3. The number of methoxy groups -OCH3 is 1. The summed E-state index contributed by atoms with van der Waals surface area (Å²) in [5, 5.41) is 0. The summed E-state index contributed by atoms with van der Waals surface area (Å²) in [4.78, 5) is -0.388. The molecule has 7 heteroatoms. The van der Waals surface area contributed by atoms with Gasteiger partial charge in [-0.15, -0.1) is 0 Å². The van der Waals surface area contributed by atoms with Crippen LogP contribution in [-0.4, -0.2) is 21.8 Å². The number of hydrogen-bond donors (Lipinski definition) is 0. The Kier molecular flexibility index (Phi) is 3.18.